The molecule has 0 unspecified atom stereocenters. The van der Waals surface area contributed by atoms with Crippen LogP contribution >= 0.6 is 0 Å². The van der Waals surface area contributed by atoms with Crippen molar-refractivity contribution in [2.75, 3.05) is 9.80 Å². The van der Waals surface area contributed by atoms with E-state index in [1.54, 1.807) is 0 Å². The van der Waals surface area contributed by atoms with Gasteiger partial charge in [0.25, 0.3) is 0 Å². The maximum absolute atomic E-state index is 3.12. The zero-order valence-corrected chi connectivity index (χ0v) is 35.7. The van der Waals surface area contributed by atoms with Crippen LogP contribution in [0.5, 0.6) is 0 Å². The monoisotopic (exact) mass is 800 g/mol. The molecule has 8 aromatic carbocycles. The van der Waals surface area contributed by atoms with Gasteiger partial charge in [0.2, 0.25) is 0 Å². The highest BCUT2D eigenvalue weighted by Gasteiger charge is 2.44. The van der Waals surface area contributed by atoms with E-state index >= 15 is 0 Å². The van der Waals surface area contributed by atoms with Crippen LogP contribution in [-0.2, 0) is 5.41 Å². The largest absolute Gasteiger partial charge is 0.311 e. The average molecular weight is 801 g/mol. The van der Waals surface area contributed by atoms with Crippen LogP contribution < -0.4 is 30.5 Å². The summed E-state index contributed by atoms with van der Waals surface area (Å²) >= 11 is 0. The smallest absolute Gasteiger partial charge is 0.181 e. The van der Waals surface area contributed by atoms with E-state index < -0.39 is 8.07 Å². The Morgan fingerprint density at radius 3 is 1.67 bits per heavy atom. The first-order valence-corrected chi connectivity index (χ1v) is 23.3. The van der Waals surface area contributed by atoms with Crippen LogP contribution in [0.15, 0.2) is 248 Å². The minimum absolute atomic E-state index is 0.0710. The Kier molecular flexibility index (Phi) is 10.0. The minimum atomic E-state index is -3.12. The number of hydrogen-bond acceptors (Lipinski definition) is 2. The highest BCUT2D eigenvalue weighted by Crippen LogP contribution is 2.50. The lowest BCUT2D eigenvalue weighted by atomic mass is 9.82. The van der Waals surface area contributed by atoms with Gasteiger partial charge in [0.15, 0.2) is 8.07 Å². The Hall–Kier alpha value is -7.20. The van der Waals surface area contributed by atoms with Gasteiger partial charge in [0, 0.05) is 39.5 Å². The molecule has 0 radical (unpaired) electrons. The first-order chi connectivity index (χ1) is 30.0. The van der Waals surface area contributed by atoms with Crippen molar-refractivity contribution in [3.05, 3.63) is 260 Å². The second-order valence-corrected chi connectivity index (χ2v) is 20.2. The predicted octanol–water partition coefficient (Wildman–Crippen LogP) is 12.4. The van der Waals surface area contributed by atoms with E-state index in [4.69, 9.17) is 0 Å². The van der Waals surface area contributed by atoms with E-state index in [1.807, 2.05) is 0 Å². The van der Waals surface area contributed by atoms with Crippen molar-refractivity contribution in [1.82, 2.24) is 0 Å². The van der Waals surface area contributed by atoms with E-state index in [-0.39, 0.29) is 5.41 Å². The summed E-state index contributed by atoms with van der Waals surface area (Å²) in [6.07, 6.45) is 12.1. The molecule has 0 fully saturated rings. The molecule has 0 N–H and O–H groups in total. The highest BCUT2D eigenvalue weighted by atomic mass is 28.3. The molecule has 3 heteroatoms. The van der Waals surface area contributed by atoms with Crippen molar-refractivity contribution >= 4 is 57.3 Å². The zero-order chi connectivity index (χ0) is 41.2. The Balaban J connectivity index is 1.24. The second kappa shape index (κ2) is 16.1. The van der Waals surface area contributed by atoms with Crippen LogP contribution in [0.2, 0.25) is 0 Å². The molecule has 2 nitrogen and oxygen atoms in total. The molecule has 0 saturated carbocycles. The van der Waals surface area contributed by atoms with E-state index in [0.717, 1.165) is 34.9 Å². The van der Waals surface area contributed by atoms with Crippen molar-refractivity contribution in [1.29, 1.82) is 0 Å². The van der Waals surface area contributed by atoms with Crippen LogP contribution in [0.3, 0.4) is 0 Å². The van der Waals surface area contributed by atoms with Crippen molar-refractivity contribution < 1.29 is 0 Å². The molecule has 0 bridgehead atoms. The van der Waals surface area contributed by atoms with Gasteiger partial charge in [-0.1, -0.05) is 190 Å². The molecule has 0 saturated heterocycles. The fourth-order valence-electron chi connectivity index (χ4n) is 9.80. The molecule has 0 aliphatic heterocycles. The van der Waals surface area contributed by atoms with Gasteiger partial charge in [-0.15, -0.1) is 0 Å². The van der Waals surface area contributed by atoms with Gasteiger partial charge in [-0.3, -0.25) is 0 Å². The van der Waals surface area contributed by atoms with E-state index in [2.05, 4.69) is 266 Å². The maximum atomic E-state index is 2.49. The summed E-state index contributed by atoms with van der Waals surface area (Å²) < 4.78 is 0. The van der Waals surface area contributed by atoms with Gasteiger partial charge >= 0.3 is 0 Å². The Morgan fingerprint density at radius 1 is 0.426 bits per heavy atom. The summed E-state index contributed by atoms with van der Waals surface area (Å²) in [6.45, 7) is 4.70. The summed E-state index contributed by atoms with van der Waals surface area (Å²) in [6, 6.07) is 78.8. The highest BCUT2D eigenvalue weighted by molar-refractivity contribution is 7.20. The van der Waals surface area contributed by atoms with E-state index in [0.29, 0.717) is 0 Å². The lowest BCUT2D eigenvalue weighted by Crippen LogP contribution is -2.75. The Labute approximate surface area is 361 Å². The molecule has 0 heterocycles. The molecule has 0 aromatic heterocycles. The molecule has 0 spiro atoms. The number of benzene rings is 8. The third-order valence-corrected chi connectivity index (χ3v) is 17.4. The van der Waals surface area contributed by atoms with Crippen LogP contribution in [0, 0.1) is 0 Å². The fraction of sp³-hybridized carbons (Fsp3) is 0.0690. The molecule has 0 amide bonds. The van der Waals surface area contributed by atoms with Crippen LogP contribution in [0.4, 0.5) is 28.4 Å². The number of anilines is 5. The molecular formula is C58H48N2Si. The average Bonchev–Trinajstić information content (AvgIpc) is 3.45. The van der Waals surface area contributed by atoms with Gasteiger partial charge in [-0.05, 0) is 116 Å². The number of rotatable bonds is 10. The third-order valence-electron chi connectivity index (χ3n) is 12.6. The third kappa shape index (κ3) is 6.68. The van der Waals surface area contributed by atoms with Crippen LogP contribution in [0.25, 0.3) is 11.1 Å². The molecule has 294 valence electrons. The summed E-state index contributed by atoms with van der Waals surface area (Å²) in [5, 5.41) is 5.28. The molecule has 8 aromatic rings. The summed E-state index contributed by atoms with van der Waals surface area (Å²) in [7, 11) is -3.12. The maximum Gasteiger partial charge on any atom is 0.181 e. The van der Waals surface area contributed by atoms with Crippen LogP contribution in [-0.4, -0.2) is 8.07 Å². The van der Waals surface area contributed by atoms with Crippen molar-refractivity contribution in [2.24, 2.45) is 0 Å². The number of allylic oxidation sites excluding steroid dienone is 5. The lowest BCUT2D eigenvalue weighted by Gasteiger charge is -2.39. The predicted molar refractivity (Wildman–Crippen MR) is 262 cm³/mol. The first kappa shape index (κ1) is 38.0. The second-order valence-electron chi connectivity index (χ2n) is 16.4. The molecule has 0 atom stereocenters. The first-order valence-electron chi connectivity index (χ1n) is 21.3. The molecular weight excluding hydrogens is 753 g/mol. The SMILES string of the molecule is CC1(C)c2ccccc2-c2cc(N(c3ccccc3)c3cccc([Si](c4ccccc4)(c4ccccc4)c4ccccc4N(C4=CC=CCC=C4)c4ccccc4)c3)ccc21. The van der Waals surface area contributed by atoms with Crippen molar-refractivity contribution in [2.45, 2.75) is 25.7 Å². The Bertz CT molecular complexity index is 2870. The minimum Gasteiger partial charge on any atom is -0.311 e. The number of para-hydroxylation sites is 3. The zero-order valence-electron chi connectivity index (χ0n) is 34.7. The number of fused-ring (bicyclic) bond motifs is 3. The molecule has 10 rings (SSSR count). The summed E-state index contributed by atoms with van der Waals surface area (Å²) in [5.74, 6) is 0. The molecule has 61 heavy (non-hydrogen) atoms. The van der Waals surface area contributed by atoms with Gasteiger partial charge in [-0.2, -0.15) is 0 Å². The number of hydrogen-bond donors (Lipinski definition) is 0. The topological polar surface area (TPSA) is 6.48 Å². The standard InChI is InChI=1S/C58H48N2Si/c1-58(2)54-37-20-19-36-52(54)53-43-48(40-41-55(53)58)59(44-24-11-5-12-25-44)47-30-23-35-51(42-47)61(49-31-15-7-16-32-49,50-33-17-8-18-34-50)57-39-22-21-38-56(57)60(46-28-13-6-14-29-46)45-26-9-3-4-10-27-45/h3,5-43H,4H2,1-2H3. The lowest BCUT2D eigenvalue weighted by molar-refractivity contribution is 0.660. The quantitative estimate of drug-likeness (QED) is 0.100. The van der Waals surface area contributed by atoms with Gasteiger partial charge in [0.1, 0.15) is 0 Å². The fourth-order valence-corrected chi connectivity index (χ4v) is 14.8. The van der Waals surface area contributed by atoms with Crippen molar-refractivity contribution in [3.63, 3.8) is 0 Å². The van der Waals surface area contributed by atoms with E-state index in [1.165, 1.54) is 48.7 Å². The normalized spacial score (nSPS) is 13.8. The summed E-state index contributed by atoms with van der Waals surface area (Å²) in [5.41, 5.74) is 12.1. The van der Waals surface area contributed by atoms with Gasteiger partial charge in [-0.25, -0.2) is 0 Å². The Morgan fingerprint density at radius 2 is 0.967 bits per heavy atom. The molecule has 2 aliphatic carbocycles. The van der Waals surface area contributed by atoms with Crippen molar-refractivity contribution in [3.8, 4) is 11.1 Å². The van der Waals surface area contributed by atoms with E-state index in [9.17, 15) is 0 Å². The summed E-state index contributed by atoms with van der Waals surface area (Å²) in [4.78, 5) is 4.90. The van der Waals surface area contributed by atoms with Gasteiger partial charge < -0.3 is 9.80 Å². The van der Waals surface area contributed by atoms with Gasteiger partial charge in [0.05, 0.1) is 0 Å². The number of nitrogens with zero attached hydrogens (tertiary/aromatic N) is 2. The van der Waals surface area contributed by atoms with Crippen LogP contribution in [0.1, 0.15) is 31.4 Å². The molecule has 2 aliphatic rings.